The summed E-state index contributed by atoms with van der Waals surface area (Å²) in [7, 11) is 1.00. The third-order valence-corrected chi connectivity index (χ3v) is 0.591. The van der Waals surface area contributed by atoms with Crippen molar-refractivity contribution in [1.82, 2.24) is 0 Å². The maximum absolute atomic E-state index is 8.81. The van der Waals surface area contributed by atoms with E-state index in [2.05, 4.69) is 0 Å². The van der Waals surface area contributed by atoms with Gasteiger partial charge in [-0.2, -0.15) is 0 Å². The molecule has 1 atom stereocenters. The summed E-state index contributed by atoms with van der Waals surface area (Å²) in [6, 6.07) is 0. The van der Waals surface area contributed by atoms with E-state index >= 15 is 0 Å². The Morgan fingerprint density at radius 3 is 1.60 bits per heavy atom. The zero-order valence-electron chi connectivity index (χ0n) is 7.16. The van der Waals surface area contributed by atoms with Gasteiger partial charge in [0.2, 0.25) is 0 Å². The summed E-state index contributed by atoms with van der Waals surface area (Å²) >= 11 is 0. The van der Waals surface area contributed by atoms with Crippen LogP contribution in [0.2, 0.25) is 0 Å². The molecule has 0 fully saturated rings. The zero-order chi connectivity index (χ0) is 8.99. The first-order chi connectivity index (χ1) is 4.68. The van der Waals surface area contributed by atoms with Gasteiger partial charge in [0, 0.05) is 7.11 Å². The molecule has 1 unspecified atom stereocenters. The van der Waals surface area contributed by atoms with Crippen molar-refractivity contribution in [3.05, 3.63) is 0 Å². The van der Waals surface area contributed by atoms with Crippen LogP contribution in [0.15, 0.2) is 0 Å². The topological polar surface area (TPSA) is 57.5 Å². The van der Waals surface area contributed by atoms with Crippen molar-refractivity contribution in [1.29, 1.82) is 0 Å². The second-order valence-electron chi connectivity index (χ2n) is 1.49. The maximum atomic E-state index is 8.81. The molecule has 0 saturated carbocycles. The summed E-state index contributed by atoms with van der Waals surface area (Å²) in [6.45, 7) is 5.17. The molecule has 0 amide bonds. The van der Waals surface area contributed by atoms with Gasteiger partial charge >= 0.3 is 0 Å². The first-order valence-corrected chi connectivity index (χ1v) is 3.21. The van der Waals surface area contributed by atoms with E-state index in [1.54, 1.807) is 6.92 Å². The second-order valence-corrected chi connectivity index (χ2v) is 1.49. The van der Waals surface area contributed by atoms with Gasteiger partial charge in [0.15, 0.2) is 0 Å². The number of hydrogen-bond donors (Lipinski definition) is 2. The van der Waals surface area contributed by atoms with E-state index in [0.717, 1.165) is 19.8 Å². The quantitative estimate of drug-likeness (QED) is 0.538. The summed E-state index contributed by atoms with van der Waals surface area (Å²) in [5, 5.41) is 15.4. The third kappa shape index (κ3) is 130. The predicted octanol–water partition coefficient (Wildman–Crippen LogP) is 0.591. The lowest BCUT2D eigenvalue weighted by Crippen LogP contribution is -1.93. The first kappa shape index (κ1) is 16.3. The molecule has 0 aromatic rings. The Morgan fingerprint density at radius 2 is 1.60 bits per heavy atom. The summed E-state index contributed by atoms with van der Waals surface area (Å²) in [5.41, 5.74) is 0. The Hall–Kier alpha value is -0.410. The van der Waals surface area contributed by atoms with E-state index in [0.29, 0.717) is 0 Å². The molecule has 64 valence electrons. The number of hydrogen-bond acceptors (Lipinski definition) is 3. The predicted molar refractivity (Wildman–Crippen MR) is 41.9 cm³/mol. The van der Waals surface area contributed by atoms with Crippen molar-refractivity contribution >= 4 is 6.29 Å². The third-order valence-electron chi connectivity index (χ3n) is 0.591. The highest BCUT2D eigenvalue weighted by Crippen LogP contribution is 1.81. The van der Waals surface area contributed by atoms with Crippen LogP contribution in [0.3, 0.4) is 0 Å². The lowest BCUT2D eigenvalue weighted by Gasteiger charge is -1.90. The van der Waals surface area contributed by atoms with Crippen molar-refractivity contribution in [2.24, 2.45) is 0 Å². The smallest absolute Gasteiger partial charge is 0.116 e. The Balaban J connectivity index is -0.0000000847. The molecular weight excluding hydrogens is 132 g/mol. The average Bonchev–Trinajstić information content (AvgIpc) is 1.94. The van der Waals surface area contributed by atoms with E-state index < -0.39 is 0 Å². The molecule has 0 bridgehead atoms. The van der Waals surface area contributed by atoms with Gasteiger partial charge in [-0.3, -0.25) is 0 Å². The standard InChI is InChI=1S/C4H10O.C2H4O.CH4O/c1-3-4(2)5;1-2-3;1-2/h4-5H,3H2,1-2H3;2H,1H3;2H,1H3. The summed E-state index contributed by atoms with van der Waals surface area (Å²) in [4.78, 5) is 8.81. The molecule has 3 nitrogen and oxygen atoms in total. The monoisotopic (exact) mass is 150 g/mol. The normalized spacial score (nSPS) is 9.40. The molecular formula is C7H18O3. The highest BCUT2D eigenvalue weighted by molar-refractivity contribution is 5.44. The molecule has 0 radical (unpaired) electrons. The van der Waals surface area contributed by atoms with Crippen LogP contribution in [0, 0.1) is 0 Å². The number of carbonyl (C=O) groups is 1. The fraction of sp³-hybridized carbons (Fsp3) is 0.857. The van der Waals surface area contributed by atoms with Crippen molar-refractivity contribution in [2.45, 2.75) is 33.3 Å². The number of aldehydes is 1. The molecule has 0 aliphatic heterocycles. The largest absolute Gasteiger partial charge is 0.400 e. The van der Waals surface area contributed by atoms with Gasteiger partial charge < -0.3 is 15.0 Å². The molecule has 0 rings (SSSR count). The lowest BCUT2D eigenvalue weighted by molar-refractivity contribution is -0.106. The van der Waals surface area contributed by atoms with E-state index in [-0.39, 0.29) is 6.10 Å². The van der Waals surface area contributed by atoms with Crippen molar-refractivity contribution in [3.8, 4) is 0 Å². The number of carbonyl (C=O) groups excluding carboxylic acids is 1. The number of aliphatic hydroxyl groups excluding tert-OH is 2. The fourth-order valence-electron chi connectivity index (χ4n) is 0. The number of aliphatic hydroxyl groups is 2. The molecule has 0 aliphatic rings. The minimum absolute atomic E-state index is 0.116. The molecule has 0 aromatic heterocycles. The SMILES string of the molecule is CC=O.CCC(C)O.CO. The van der Waals surface area contributed by atoms with Gasteiger partial charge in [0.25, 0.3) is 0 Å². The second kappa shape index (κ2) is 23.5. The number of rotatable bonds is 1. The molecule has 0 aliphatic carbocycles. The Labute approximate surface area is 62.7 Å². The van der Waals surface area contributed by atoms with E-state index in [1.807, 2.05) is 6.92 Å². The van der Waals surface area contributed by atoms with Crippen molar-refractivity contribution in [3.63, 3.8) is 0 Å². The van der Waals surface area contributed by atoms with Gasteiger partial charge in [0.1, 0.15) is 6.29 Å². The highest BCUT2D eigenvalue weighted by atomic mass is 16.3. The van der Waals surface area contributed by atoms with E-state index in [1.165, 1.54) is 6.92 Å². The van der Waals surface area contributed by atoms with Crippen LogP contribution in [-0.2, 0) is 4.79 Å². The Morgan fingerprint density at radius 1 is 1.50 bits per heavy atom. The zero-order valence-corrected chi connectivity index (χ0v) is 7.16. The Bertz CT molecular complexity index is 44.1. The summed E-state index contributed by atoms with van der Waals surface area (Å²) < 4.78 is 0. The fourth-order valence-corrected chi connectivity index (χ4v) is 0. The van der Waals surface area contributed by atoms with Crippen LogP contribution >= 0.6 is 0 Å². The average molecular weight is 150 g/mol. The molecule has 0 aromatic carbocycles. The van der Waals surface area contributed by atoms with Crippen LogP contribution in [-0.4, -0.2) is 29.7 Å². The molecule has 0 spiro atoms. The van der Waals surface area contributed by atoms with Gasteiger partial charge in [-0.1, -0.05) is 6.92 Å². The van der Waals surface area contributed by atoms with Crippen LogP contribution in [0.4, 0.5) is 0 Å². The molecule has 10 heavy (non-hydrogen) atoms. The maximum Gasteiger partial charge on any atom is 0.116 e. The van der Waals surface area contributed by atoms with Crippen LogP contribution in [0.1, 0.15) is 27.2 Å². The van der Waals surface area contributed by atoms with Gasteiger partial charge in [-0.15, -0.1) is 0 Å². The van der Waals surface area contributed by atoms with Gasteiger partial charge in [-0.05, 0) is 20.3 Å². The van der Waals surface area contributed by atoms with E-state index in [9.17, 15) is 0 Å². The minimum atomic E-state index is -0.116. The minimum Gasteiger partial charge on any atom is -0.400 e. The first-order valence-electron chi connectivity index (χ1n) is 3.21. The van der Waals surface area contributed by atoms with Gasteiger partial charge in [0.05, 0.1) is 6.10 Å². The van der Waals surface area contributed by atoms with Crippen molar-refractivity contribution < 1.29 is 15.0 Å². The highest BCUT2D eigenvalue weighted by Gasteiger charge is 1.81. The van der Waals surface area contributed by atoms with Gasteiger partial charge in [-0.25, -0.2) is 0 Å². The van der Waals surface area contributed by atoms with Crippen LogP contribution < -0.4 is 0 Å². The van der Waals surface area contributed by atoms with E-state index in [4.69, 9.17) is 15.0 Å². The molecule has 0 heterocycles. The molecule has 2 N–H and O–H groups in total. The molecule has 3 heteroatoms. The lowest BCUT2D eigenvalue weighted by atomic mass is 10.3. The molecule has 0 saturated heterocycles. The Kier molecular flexibility index (Phi) is 38.3. The van der Waals surface area contributed by atoms with Crippen LogP contribution in [0.5, 0.6) is 0 Å². The van der Waals surface area contributed by atoms with Crippen LogP contribution in [0.25, 0.3) is 0 Å². The summed E-state index contributed by atoms with van der Waals surface area (Å²) in [5.74, 6) is 0. The van der Waals surface area contributed by atoms with Crippen molar-refractivity contribution in [2.75, 3.05) is 7.11 Å². The summed E-state index contributed by atoms with van der Waals surface area (Å²) in [6.07, 6.45) is 1.50.